The van der Waals surface area contributed by atoms with Crippen molar-refractivity contribution in [3.63, 3.8) is 0 Å². The highest BCUT2D eigenvalue weighted by molar-refractivity contribution is 6.30. The molecule has 0 unspecified atom stereocenters. The first-order valence-electron chi connectivity index (χ1n) is 6.49. The van der Waals surface area contributed by atoms with Crippen molar-refractivity contribution in [3.05, 3.63) is 64.7 Å². The van der Waals surface area contributed by atoms with Gasteiger partial charge in [0.15, 0.2) is 0 Å². The van der Waals surface area contributed by atoms with E-state index in [0.717, 1.165) is 12.1 Å². The predicted octanol–water partition coefficient (Wildman–Crippen LogP) is 4.01. The third-order valence-electron chi connectivity index (χ3n) is 2.92. The molecule has 104 valence electrons. The van der Waals surface area contributed by atoms with E-state index in [0.29, 0.717) is 11.6 Å². The summed E-state index contributed by atoms with van der Waals surface area (Å²) < 4.78 is 0. The van der Waals surface area contributed by atoms with Gasteiger partial charge in [-0.1, -0.05) is 41.4 Å². The molecule has 0 spiro atoms. The Morgan fingerprint density at radius 1 is 1.05 bits per heavy atom. The van der Waals surface area contributed by atoms with E-state index in [9.17, 15) is 4.79 Å². The van der Waals surface area contributed by atoms with Crippen LogP contribution in [0.3, 0.4) is 0 Å². The predicted molar refractivity (Wildman–Crippen MR) is 83.4 cm³/mol. The number of anilines is 1. The molecule has 2 rings (SSSR count). The summed E-state index contributed by atoms with van der Waals surface area (Å²) in [5.74, 6) is 0. The molecule has 0 aromatic heterocycles. The molecule has 0 fully saturated rings. The van der Waals surface area contributed by atoms with Crippen LogP contribution in [0.1, 0.15) is 11.1 Å². The van der Waals surface area contributed by atoms with Crippen LogP contribution in [0.25, 0.3) is 0 Å². The van der Waals surface area contributed by atoms with Gasteiger partial charge in [0.05, 0.1) is 0 Å². The summed E-state index contributed by atoms with van der Waals surface area (Å²) in [5.41, 5.74) is 3.17. The lowest BCUT2D eigenvalue weighted by molar-refractivity contribution is 0.252. The lowest BCUT2D eigenvalue weighted by Crippen LogP contribution is -2.30. The van der Waals surface area contributed by atoms with E-state index in [1.165, 1.54) is 11.1 Å². The average molecular weight is 289 g/mol. The summed E-state index contributed by atoms with van der Waals surface area (Å²) in [6.45, 7) is 2.66. The molecular formula is C16H17ClN2O. The fourth-order valence-electron chi connectivity index (χ4n) is 1.78. The van der Waals surface area contributed by atoms with Gasteiger partial charge in [0.2, 0.25) is 0 Å². The minimum atomic E-state index is -0.209. The van der Waals surface area contributed by atoms with Gasteiger partial charge in [0, 0.05) is 17.3 Å². The zero-order valence-corrected chi connectivity index (χ0v) is 12.1. The number of hydrogen-bond acceptors (Lipinski definition) is 1. The Labute approximate surface area is 124 Å². The fourth-order valence-corrected chi connectivity index (χ4v) is 1.91. The molecule has 0 heterocycles. The number of benzene rings is 2. The van der Waals surface area contributed by atoms with Gasteiger partial charge >= 0.3 is 6.03 Å². The Kier molecular flexibility index (Phi) is 5.02. The molecule has 0 radical (unpaired) electrons. The summed E-state index contributed by atoms with van der Waals surface area (Å²) >= 11 is 5.78. The second-order valence-corrected chi connectivity index (χ2v) is 5.06. The van der Waals surface area contributed by atoms with E-state index >= 15 is 0 Å². The first-order chi connectivity index (χ1) is 9.63. The summed E-state index contributed by atoms with van der Waals surface area (Å²) in [6.07, 6.45) is 0.814. The van der Waals surface area contributed by atoms with Gasteiger partial charge < -0.3 is 10.6 Å². The van der Waals surface area contributed by atoms with Crippen molar-refractivity contribution in [1.29, 1.82) is 0 Å². The maximum absolute atomic E-state index is 11.7. The second-order valence-electron chi connectivity index (χ2n) is 4.62. The minimum Gasteiger partial charge on any atom is -0.338 e. The fraction of sp³-hybridized carbons (Fsp3) is 0.188. The first kappa shape index (κ1) is 14.4. The number of urea groups is 1. The molecule has 4 heteroatoms. The van der Waals surface area contributed by atoms with Crippen molar-refractivity contribution in [1.82, 2.24) is 5.32 Å². The number of carbonyl (C=O) groups is 1. The Morgan fingerprint density at radius 2 is 1.70 bits per heavy atom. The van der Waals surface area contributed by atoms with Crippen LogP contribution in [0, 0.1) is 6.92 Å². The van der Waals surface area contributed by atoms with E-state index < -0.39 is 0 Å². The molecule has 0 aliphatic heterocycles. The molecule has 0 aliphatic rings. The topological polar surface area (TPSA) is 41.1 Å². The van der Waals surface area contributed by atoms with E-state index in [2.05, 4.69) is 41.8 Å². The summed E-state index contributed by atoms with van der Waals surface area (Å²) in [6, 6.07) is 15.1. The zero-order valence-electron chi connectivity index (χ0n) is 11.3. The third-order valence-corrected chi connectivity index (χ3v) is 3.17. The van der Waals surface area contributed by atoms with Crippen LogP contribution in [0.2, 0.25) is 5.02 Å². The number of nitrogens with one attached hydrogen (secondary N) is 2. The number of hydrogen-bond donors (Lipinski definition) is 2. The van der Waals surface area contributed by atoms with Crippen LogP contribution < -0.4 is 10.6 Å². The molecule has 0 aliphatic carbocycles. The Balaban J connectivity index is 1.75. The van der Waals surface area contributed by atoms with Crippen LogP contribution in [-0.2, 0) is 6.42 Å². The number of carbonyl (C=O) groups excluding carboxylic acids is 1. The maximum atomic E-state index is 11.7. The van der Waals surface area contributed by atoms with E-state index in [4.69, 9.17) is 11.6 Å². The summed E-state index contributed by atoms with van der Waals surface area (Å²) in [5, 5.41) is 6.23. The molecule has 2 aromatic rings. The standard InChI is InChI=1S/C16H17ClN2O/c1-12-2-4-13(5-3-12)10-11-18-16(20)19-15-8-6-14(17)7-9-15/h2-9H,10-11H2,1H3,(H2,18,19,20). The van der Waals surface area contributed by atoms with Crippen LogP contribution in [0.5, 0.6) is 0 Å². The third kappa shape index (κ3) is 4.59. The first-order valence-corrected chi connectivity index (χ1v) is 6.87. The Bertz CT molecular complexity index is 564. The maximum Gasteiger partial charge on any atom is 0.319 e. The van der Waals surface area contributed by atoms with Crippen LogP contribution in [0.4, 0.5) is 10.5 Å². The van der Waals surface area contributed by atoms with E-state index in [-0.39, 0.29) is 6.03 Å². The van der Waals surface area contributed by atoms with Crippen molar-refractivity contribution < 1.29 is 4.79 Å². The molecule has 20 heavy (non-hydrogen) atoms. The SMILES string of the molecule is Cc1ccc(CCNC(=O)Nc2ccc(Cl)cc2)cc1. The van der Waals surface area contributed by atoms with Gasteiger partial charge in [0.25, 0.3) is 0 Å². The van der Waals surface area contributed by atoms with Crippen LogP contribution >= 0.6 is 11.6 Å². The van der Waals surface area contributed by atoms with Crippen molar-refractivity contribution in [2.24, 2.45) is 0 Å². The lowest BCUT2D eigenvalue weighted by atomic mass is 10.1. The number of rotatable bonds is 4. The number of aryl methyl sites for hydroxylation is 1. The molecule has 2 amide bonds. The van der Waals surface area contributed by atoms with Crippen molar-refractivity contribution in [2.45, 2.75) is 13.3 Å². The average Bonchev–Trinajstić information content (AvgIpc) is 2.44. The van der Waals surface area contributed by atoms with Crippen LogP contribution in [-0.4, -0.2) is 12.6 Å². The molecule has 0 saturated heterocycles. The summed E-state index contributed by atoms with van der Waals surface area (Å²) in [4.78, 5) is 11.7. The van der Waals surface area contributed by atoms with Gasteiger partial charge in [-0.25, -0.2) is 4.79 Å². The minimum absolute atomic E-state index is 0.209. The Hall–Kier alpha value is -2.00. The molecule has 0 atom stereocenters. The lowest BCUT2D eigenvalue weighted by Gasteiger charge is -2.08. The highest BCUT2D eigenvalue weighted by Gasteiger charge is 2.01. The largest absolute Gasteiger partial charge is 0.338 e. The van der Waals surface area contributed by atoms with Crippen molar-refractivity contribution in [3.8, 4) is 0 Å². The smallest absolute Gasteiger partial charge is 0.319 e. The van der Waals surface area contributed by atoms with Crippen molar-refractivity contribution in [2.75, 3.05) is 11.9 Å². The van der Waals surface area contributed by atoms with Gasteiger partial charge in [-0.2, -0.15) is 0 Å². The monoisotopic (exact) mass is 288 g/mol. The molecule has 2 aromatic carbocycles. The number of halogens is 1. The van der Waals surface area contributed by atoms with Crippen LogP contribution in [0.15, 0.2) is 48.5 Å². The molecule has 0 saturated carbocycles. The molecule has 0 bridgehead atoms. The van der Waals surface area contributed by atoms with Crippen molar-refractivity contribution >= 4 is 23.3 Å². The second kappa shape index (κ2) is 6.96. The normalized spacial score (nSPS) is 10.1. The summed E-state index contributed by atoms with van der Waals surface area (Å²) in [7, 11) is 0. The molecule has 2 N–H and O–H groups in total. The van der Waals surface area contributed by atoms with Gasteiger partial charge in [0.1, 0.15) is 0 Å². The molecular weight excluding hydrogens is 272 g/mol. The molecule has 3 nitrogen and oxygen atoms in total. The highest BCUT2D eigenvalue weighted by Crippen LogP contribution is 2.13. The van der Waals surface area contributed by atoms with E-state index in [1.54, 1.807) is 24.3 Å². The number of amides is 2. The van der Waals surface area contributed by atoms with Gasteiger partial charge in [-0.3, -0.25) is 0 Å². The van der Waals surface area contributed by atoms with Gasteiger partial charge in [-0.05, 0) is 43.2 Å². The highest BCUT2D eigenvalue weighted by atomic mass is 35.5. The van der Waals surface area contributed by atoms with Gasteiger partial charge in [-0.15, -0.1) is 0 Å². The Morgan fingerprint density at radius 3 is 2.35 bits per heavy atom. The zero-order chi connectivity index (χ0) is 14.4. The van der Waals surface area contributed by atoms with E-state index in [1.807, 2.05) is 0 Å². The quantitative estimate of drug-likeness (QED) is 0.877.